The maximum Gasteiger partial charge on any atom is 0.189 e. The summed E-state index contributed by atoms with van der Waals surface area (Å²) in [7, 11) is 0. The molecule has 0 saturated heterocycles. The van der Waals surface area contributed by atoms with Crippen molar-refractivity contribution in [2.45, 2.75) is 25.6 Å². The smallest absolute Gasteiger partial charge is 0.189 e. The Balaban J connectivity index is 2.31. The summed E-state index contributed by atoms with van der Waals surface area (Å²) in [6.07, 6.45) is 4.60. The monoisotopic (exact) mass is 264 g/mol. The van der Waals surface area contributed by atoms with Crippen molar-refractivity contribution in [1.29, 1.82) is 0 Å². The van der Waals surface area contributed by atoms with Crippen LogP contribution in [0.25, 0.3) is 0 Å². The van der Waals surface area contributed by atoms with Crippen molar-refractivity contribution in [1.82, 2.24) is 0 Å². The van der Waals surface area contributed by atoms with Gasteiger partial charge in [0, 0.05) is 5.92 Å². The van der Waals surface area contributed by atoms with E-state index in [2.05, 4.69) is 0 Å². The van der Waals surface area contributed by atoms with Crippen molar-refractivity contribution in [2.24, 2.45) is 5.92 Å². The first kappa shape index (κ1) is 13.7. The number of fused-ring (bicyclic) bond motifs is 1. The molecule has 0 bridgehead atoms. The van der Waals surface area contributed by atoms with Gasteiger partial charge in [0.25, 0.3) is 0 Å². The van der Waals surface area contributed by atoms with Crippen LogP contribution in [0.3, 0.4) is 0 Å². The van der Waals surface area contributed by atoms with Crippen molar-refractivity contribution in [3.8, 4) is 0 Å². The Morgan fingerprint density at radius 3 is 2.84 bits per heavy atom. The zero-order valence-corrected chi connectivity index (χ0v) is 10.8. The maximum absolute atomic E-state index is 11.7. The molecule has 0 fully saturated rings. The molecule has 0 aromatic heterocycles. The predicted molar refractivity (Wildman–Crippen MR) is 67.1 cm³/mol. The molecule has 5 heteroatoms. The summed E-state index contributed by atoms with van der Waals surface area (Å²) >= 11 is 0. The van der Waals surface area contributed by atoms with Crippen LogP contribution in [0, 0.1) is 5.92 Å². The molecule has 3 atom stereocenters. The topological polar surface area (TPSA) is 83.8 Å². The van der Waals surface area contributed by atoms with Gasteiger partial charge in [-0.15, -0.1) is 0 Å². The van der Waals surface area contributed by atoms with Gasteiger partial charge in [-0.25, -0.2) is 0 Å². The minimum Gasteiger partial charge on any atom is -0.493 e. The van der Waals surface area contributed by atoms with E-state index in [4.69, 9.17) is 4.74 Å². The van der Waals surface area contributed by atoms with Crippen LogP contribution >= 0.6 is 0 Å². The molecule has 2 rings (SSSR count). The number of carbonyl (C=O) groups is 2. The molecular formula is C14H16O5. The van der Waals surface area contributed by atoms with Gasteiger partial charge in [-0.3, -0.25) is 9.59 Å². The summed E-state index contributed by atoms with van der Waals surface area (Å²) in [4.78, 5) is 22.6. The lowest BCUT2D eigenvalue weighted by molar-refractivity contribution is -0.150. The SMILES string of the molecule is CC(=O)/C=C/C1=CC2=CC(=O)[C@](C)(O)[C@H](O)[C@H]2CO1. The number of ketones is 2. The molecule has 102 valence electrons. The van der Waals surface area contributed by atoms with Crippen LogP contribution in [0.1, 0.15) is 13.8 Å². The Bertz CT molecular complexity index is 510. The van der Waals surface area contributed by atoms with Crippen LogP contribution in [0.15, 0.2) is 35.6 Å². The normalized spacial score (nSPS) is 34.4. The number of allylic oxidation sites excluding steroid dienone is 3. The Hall–Kier alpha value is -1.72. The third-order valence-corrected chi connectivity index (χ3v) is 3.40. The van der Waals surface area contributed by atoms with Gasteiger partial charge >= 0.3 is 0 Å². The van der Waals surface area contributed by atoms with Gasteiger partial charge in [0.1, 0.15) is 5.76 Å². The van der Waals surface area contributed by atoms with Gasteiger partial charge in [-0.2, -0.15) is 0 Å². The minimum absolute atomic E-state index is 0.108. The van der Waals surface area contributed by atoms with Gasteiger partial charge in [0.15, 0.2) is 17.2 Å². The van der Waals surface area contributed by atoms with Gasteiger partial charge in [-0.05, 0) is 43.7 Å². The Morgan fingerprint density at radius 2 is 2.21 bits per heavy atom. The summed E-state index contributed by atoms with van der Waals surface area (Å²) in [6.45, 7) is 2.87. The molecule has 2 N–H and O–H groups in total. The van der Waals surface area contributed by atoms with E-state index in [1.807, 2.05) is 0 Å². The second-order valence-electron chi connectivity index (χ2n) is 5.01. The minimum atomic E-state index is -1.78. The van der Waals surface area contributed by atoms with Crippen molar-refractivity contribution in [2.75, 3.05) is 6.61 Å². The molecule has 1 heterocycles. The second-order valence-corrected chi connectivity index (χ2v) is 5.01. The van der Waals surface area contributed by atoms with Crippen LogP contribution in [0.5, 0.6) is 0 Å². The van der Waals surface area contributed by atoms with E-state index in [1.54, 1.807) is 6.08 Å². The van der Waals surface area contributed by atoms with Crippen molar-refractivity contribution < 1.29 is 24.5 Å². The maximum atomic E-state index is 11.7. The van der Waals surface area contributed by atoms with Crippen LogP contribution in [-0.4, -0.2) is 40.1 Å². The van der Waals surface area contributed by atoms with Crippen molar-refractivity contribution in [3.05, 3.63) is 35.6 Å². The zero-order valence-electron chi connectivity index (χ0n) is 10.8. The highest BCUT2D eigenvalue weighted by Gasteiger charge is 2.47. The standard InChI is InChI=1S/C14H16O5/c1-8(15)3-4-10-5-9-6-12(16)14(2,18)13(17)11(9)7-19-10/h3-6,11,13,17-18H,7H2,1-2H3/b4-3+/t11-,13+,14-/m0/s1. The first-order valence-corrected chi connectivity index (χ1v) is 6.02. The molecule has 0 aromatic rings. The average Bonchev–Trinajstić information content (AvgIpc) is 2.34. The Labute approximate surface area is 110 Å². The zero-order chi connectivity index (χ0) is 14.2. The van der Waals surface area contributed by atoms with E-state index in [-0.39, 0.29) is 12.4 Å². The average molecular weight is 264 g/mol. The van der Waals surface area contributed by atoms with Gasteiger partial charge in [-0.1, -0.05) is 0 Å². The van der Waals surface area contributed by atoms with E-state index < -0.39 is 23.4 Å². The highest BCUT2D eigenvalue weighted by Crippen LogP contribution is 2.35. The highest BCUT2D eigenvalue weighted by molar-refractivity contribution is 5.99. The first-order valence-electron chi connectivity index (χ1n) is 6.02. The van der Waals surface area contributed by atoms with Gasteiger partial charge in [0.05, 0.1) is 12.7 Å². The summed E-state index contributed by atoms with van der Waals surface area (Å²) in [5.41, 5.74) is -1.17. The van der Waals surface area contributed by atoms with E-state index in [9.17, 15) is 19.8 Å². The van der Waals surface area contributed by atoms with Crippen LogP contribution in [0.2, 0.25) is 0 Å². The summed E-state index contributed by atoms with van der Waals surface area (Å²) in [6, 6.07) is 0. The molecule has 1 aliphatic heterocycles. The lowest BCUT2D eigenvalue weighted by atomic mass is 9.75. The van der Waals surface area contributed by atoms with Crippen LogP contribution in [-0.2, 0) is 14.3 Å². The van der Waals surface area contributed by atoms with Crippen molar-refractivity contribution in [3.63, 3.8) is 0 Å². The highest BCUT2D eigenvalue weighted by atomic mass is 16.5. The van der Waals surface area contributed by atoms with Crippen molar-refractivity contribution >= 4 is 11.6 Å². The number of aliphatic hydroxyl groups is 2. The lowest BCUT2D eigenvalue weighted by Crippen LogP contribution is -2.54. The van der Waals surface area contributed by atoms with Gasteiger partial charge < -0.3 is 14.9 Å². The lowest BCUT2D eigenvalue weighted by Gasteiger charge is -2.39. The molecule has 0 radical (unpaired) electrons. The second kappa shape index (κ2) is 4.75. The molecule has 19 heavy (non-hydrogen) atoms. The van der Waals surface area contributed by atoms with E-state index >= 15 is 0 Å². The van der Waals surface area contributed by atoms with Crippen LogP contribution in [0.4, 0.5) is 0 Å². The number of ether oxygens (including phenoxy) is 1. The fraction of sp³-hybridized carbons (Fsp3) is 0.429. The molecule has 0 spiro atoms. The third-order valence-electron chi connectivity index (χ3n) is 3.40. The molecule has 5 nitrogen and oxygen atoms in total. The van der Waals surface area contributed by atoms with Gasteiger partial charge in [0.2, 0.25) is 0 Å². The largest absolute Gasteiger partial charge is 0.493 e. The third kappa shape index (κ3) is 2.52. The number of hydrogen-bond acceptors (Lipinski definition) is 5. The van der Waals surface area contributed by atoms with E-state index in [0.717, 1.165) is 0 Å². The summed E-state index contributed by atoms with van der Waals surface area (Å²) < 4.78 is 5.40. The molecule has 0 amide bonds. The first-order chi connectivity index (χ1) is 8.82. The fourth-order valence-corrected chi connectivity index (χ4v) is 2.15. The van der Waals surface area contributed by atoms with E-state index in [1.165, 1.54) is 32.1 Å². The molecule has 0 aromatic carbocycles. The number of hydrogen-bond donors (Lipinski definition) is 2. The molecule has 1 aliphatic carbocycles. The van der Waals surface area contributed by atoms with Crippen LogP contribution < -0.4 is 0 Å². The fourth-order valence-electron chi connectivity index (χ4n) is 2.15. The quantitative estimate of drug-likeness (QED) is 0.700. The molecule has 0 unspecified atom stereocenters. The van der Waals surface area contributed by atoms with E-state index in [0.29, 0.717) is 11.3 Å². The number of rotatable bonds is 2. The molecule has 2 aliphatic rings. The summed E-state index contributed by atoms with van der Waals surface area (Å²) in [5, 5.41) is 19.9. The number of aliphatic hydroxyl groups excluding tert-OH is 1. The molecule has 0 saturated carbocycles. The molecular weight excluding hydrogens is 248 g/mol. The number of carbonyl (C=O) groups excluding carboxylic acids is 2. The summed E-state index contributed by atoms with van der Waals surface area (Å²) in [5.74, 6) is -0.621. The predicted octanol–water partition coefficient (Wildman–Crippen LogP) is 0.283. The Morgan fingerprint density at radius 1 is 1.53 bits per heavy atom. The Kier molecular flexibility index (Phi) is 3.43.